The maximum Gasteiger partial charge on any atom is 0.337 e. The van der Waals surface area contributed by atoms with Crippen LogP contribution in [0.2, 0.25) is 0 Å². The van der Waals surface area contributed by atoms with Crippen molar-refractivity contribution in [2.75, 3.05) is 29.6 Å². The number of hydrogen-bond acceptors (Lipinski definition) is 7. The van der Waals surface area contributed by atoms with Gasteiger partial charge >= 0.3 is 5.97 Å². The van der Waals surface area contributed by atoms with Crippen LogP contribution in [0.1, 0.15) is 26.4 Å². The molecule has 0 saturated heterocycles. The molecular formula is C24H22N6O3. The first-order chi connectivity index (χ1) is 15.9. The van der Waals surface area contributed by atoms with E-state index in [1.807, 2.05) is 43.3 Å². The molecule has 0 aliphatic carbocycles. The van der Waals surface area contributed by atoms with Gasteiger partial charge in [-0.15, -0.1) is 0 Å². The molecule has 166 valence electrons. The number of pyridine rings is 1. The molecule has 1 amide bonds. The van der Waals surface area contributed by atoms with E-state index in [0.29, 0.717) is 40.5 Å². The average molecular weight is 442 g/mol. The van der Waals surface area contributed by atoms with Gasteiger partial charge in [-0.05, 0) is 42.0 Å². The maximum atomic E-state index is 12.6. The van der Waals surface area contributed by atoms with Crippen LogP contribution in [-0.4, -0.2) is 46.0 Å². The zero-order valence-electron chi connectivity index (χ0n) is 18.1. The molecule has 0 bridgehead atoms. The largest absolute Gasteiger partial charge is 0.478 e. The summed E-state index contributed by atoms with van der Waals surface area (Å²) in [7, 11) is 3.73. The van der Waals surface area contributed by atoms with E-state index in [9.17, 15) is 14.7 Å². The molecule has 0 radical (unpaired) electrons. The quantitative estimate of drug-likeness (QED) is 0.397. The third-order valence-corrected chi connectivity index (χ3v) is 4.97. The fourth-order valence-electron chi connectivity index (χ4n) is 3.34. The van der Waals surface area contributed by atoms with Gasteiger partial charge in [0.05, 0.1) is 11.1 Å². The van der Waals surface area contributed by atoms with Crippen LogP contribution in [-0.2, 0) is 6.54 Å². The molecule has 0 aliphatic heterocycles. The first kappa shape index (κ1) is 21.7. The lowest BCUT2D eigenvalue weighted by Gasteiger charge is -2.13. The van der Waals surface area contributed by atoms with Crippen LogP contribution in [0.4, 0.5) is 17.3 Å². The first-order valence-electron chi connectivity index (χ1n) is 10.2. The Kier molecular flexibility index (Phi) is 6.12. The lowest BCUT2D eigenvalue weighted by atomic mass is 10.1. The summed E-state index contributed by atoms with van der Waals surface area (Å²) in [4.78, 5) is 38.7. The highest BCUT2D eigenvalue weighted by molar-refractivity contribution is 6.04. The molecule has 2 heterocycles. The minimum absolute atomic E-state index is 0.120. The van der Waals surface area contributed by atoms with E-state index < -0.39 is 5.97 Å². The molecule has 0 aliphatic rings. The van der Waals surface area contributed by atoms with Gasteiger partial charge in [-0.1, -0.05) is 24.3 Å². The van der Waals surface area contributed by atoms with Crippen molar-refractivity contribution in [3.8, 4) is 0 Å². The fraction of sp³-hybridized carbons (Fsp3) is 0.125. The summed E-state index contributed by atoms with van der Waals surface area (Å²) < 4.78 is 0. The first-order valence-corrected chi connectivity index (χ1v) is 10.2. The van der Waals surface area contributed by atoms with Gasteiger partial charge in [-0.25, -0.2) is 19.7 Å². The van der Waals surface area contributed by atoms with Crippen molar-refractivity contribution in [3.05, 3.63) is 83.8 Å². The Labute approximate surface area is 190 Å². The van der Waals surface area contributed by atoms with E-state index in [1.165, 1.54) is 12.4 Å². The van der Waals surface area contributed by atoms with Crippen LogP contribution >= 0.6 is 0 Å². The molecule has 9 nitrogen and oxygen atoms in total. The Morgan fingerprint density at radius 2 is 1.79 bits per heavy atom. The normalized spacial score (nSPS) is 10.6. The Morgan fingerprint density at radius 3 is 2.58 bits per heavy atom. The number of benzene rings is 2. The standard InChI is InChI=1S/C24H22N6O3/c1-30(2)20-11-5-10-19(29-20)23(31)28-16-7-3-6-15(12-16)13-25-22-17-8-4-9-18(24(32)33)21(17)26-14-27-22/h3-12,14H,13H2,1-2H3,(H,28,31)(H,32,33)(H,25,26,27). The number of amides is 1. The molecule has 0 unspecified atom stereocenters. The molecule has 2 aromatic carbocycles. The average Bonchev–Trinajstić information content (AvgIpc) is 2.82. The smallest absolute Gasteiger partial charge is 0.337 e. The number of nitrogens with one attached hydrogen (secondary N) is 2. The summed E-state index contributed by atoms with van der Waals surface area (Å²) in [6.45, 7) is 0.418. The van der Waals surface area contributed by atoms with Gasteiger partial charge in [-0.3, -0.25) is 4.79 Å². The minimum atomic E-state index is -1.04. The lowest BCUT2D eigenvalue weighted by Crippen LogP contribution is -2.17. The molecule has 9 heteroatoms. The van der Waals surface area contributed by atoms with Gasteiger partial charge in [0.25, 0.3) is 5.91 Å². The van der Waals surface area contributed by atoms with Crippen molar-refractivity contribution >= 4 is 40.1 Å². The van der Waals surface area contributed by atoms with Crippen LogP contribution < -0.4 is 15.5 Å². The number of rotatable bonds is 7. The predicted molar refractivity (Wildman–Crippen MR) is 127 cm³/mol. The number of carbonyl (C=O) groups is 2. The second-order valence-corrected chi connectivity index (χ2v) is 7.51. The van der Waals surface area contributed by atoms with Crippen molar-refractivity contribution < 1.29 is 14.7 Å². The maximum absolute atomic E-state index is 12.6. The van der Waals surface area contributed by atoms with E-state index in [1.54, 1.807) is 30.3 Å². The van der Waals surface area contributed by atoms with Crippen LogP contribution in [0.5, 0.6) is 0 Å². The van der Waals surface area contributed by atoms with Gasteiger partial charge in [0.1, 0.15) is 23.7 Å². The van der Waals surface area contributed by atoms with E-state index in [0.717, 1.165) is 5.56 Å². The van der Waals surface area contributed by atoms with E-state index >= 15 is 0 Å². The van der Waals surface area contributed by atoms with Crippen molar-refractivity contribution in [3.63, 3.8) is 0 Å². The highest BCUT2D eigenvalue weighted by atomic mass is 16.4. The third-order valence-electron chi connectivity index (χ3n) is 4.97. The summed E-state index contributed by atoms with van der Waals surface area (Å²) >= 11 is 0. The summed E-state index contributed by atoms with van der Waals surface area (Å²) in [5.74, 6) is -0.114. The monoisotopic (exact) mass is 442 g/mol. The van der Waals surface area contributed by atoms with Gasteiger partial charge in [0.2, 0.25) is 0 Å². The summed E-state index contributed by atoms with van der Waals surface area (Å²) in [5.41, 5.74) is 2.36. The van der Waals surface area contributed by atoms with E-state index in [-0.39, 0.29) is 11.5 Å². The SMILES string of the molecule is CN(C)c1cccc(C(=O)Nc2cccc(CNc3ncnc4c(C(=O)O)cccc34)c2)n1. The number of hydrogen-bond donors (Lipinski definition) is 3. The number of anilines is 3. The van der Waals surface area contributed by atoms with Crippen LogP contribution in [0.25, 0.3) is 10.9 Å². The van der Waals surface area contributed by atoms with Crippen molar-refractivity contribution in [1.82, 2.24) is 15.0 Å². The predicted octanol–water partition coefficient (Wildman–Crippen LogP) is 3.65. The summed E-state index contributed by atoms with van der Waals surface area (Å²) in [6, 6.07) is 17.7. The summed E-state index contributed by atoms with van der Waals surface area (Å²) in [5, 5.41) is 16.1. The highest BCUT2D eigenvalue weighted by Gasteiger charge is 2.13. The van der Waals surface area contributed by atoms with Crippen molar-refractivity contribution in [2.45, 2.75) is 6.54 Å². The Balaban J connectivity index is 1.49. The Bertz CT molecular complexity index is 1340. The molecule has 0 spiro atoms. The van der Waals surface area contributed by atoms with Crippen LogP contribution in [0.3, 0.4) is 0 Å². The minimum Gasteiger partial charge on any atom is -0.478 e. The van der Waals surface area contributed by atoms with Crippen LogP contribution in [0.15, 0.2) is 67.0 Å². The molecule has 4 rings (SSSR count). The van der Waals surface area contributed by atoms with Crippen LogP contribution in [0, 0.1) is 0 Å². The highest BCUT2D eigenvalue weighted by Crippen LogP contribution is 2.23. The Hall–Kier alpha value is -4.53. The number of carboxylic acids is 1. The molecule has 33 heavy (non-hydrogen) atoms. The number of carboxylic acid groups (broad SMARTS) is 1. The second kappa shape index (κ2) is 9.31. The molecule has 3 N–H and O–H groups in total. The molecule has 0 atom stereocenters. The zero-order chi connectivity index (χ0) is 23.4. The number of para-hydroxylation sites is 1. The molecule has 2 aromatic heterocycles. The molecular weight excluding hydrogens is 420 g/mol. The summed E-state index contributed by atoms with van der Waals surface area (Å²) in [6.07, 6.45) is 1.34. The van der Waals surface area contributed by atoms with Gasteiger partial charge < -0.3 is 20.6 Å². The molecule has 0 saturated carbocycles. The van der Waals surface area contributed by atoms with Crippen molar-refractivity contribution in [1.29, 1.82) is 0 Å². The number of aromatic nitrogens is 3. The van der Waals surface area contributed by atoms with Gasteiger partial charge in [0, 0.05) is 31.7 Å². The third kappa shape index (κ3) is 4.87. The van der Waals surface area contributed by atoms with E-state index in [4.69, 9.17) is 0 Å². The number of aromatic carboxylic acids is 1. The van der Waals surface area contributed by atoms with Crippen molar-refractivity contribution in [2.24, 2.45) is 0 Å². The van der Waals surface area contributed by atoms with Gasteiger partial charge in [-0.2, -0.15) is 0 Å². The molecule has 4 aromatic rings. The second-order valence-electron chi connectivity index (χ2n) is 7.51. The zero-order valence-corrected chi connectivity index (χ0v) is 18.1. The lowest BCUT2D eigenvalue weighted by molar-refractivity contribution is 0.0698. The van der Waals surface area contributed by atoms with E-state index in [2.05, 4.69) is 25.6 Å². The van der Waals surface area contributed by atoms with Gasteiger partial charge in [0.15, 0.2) is 0 Å². The number of carbonyl (C=O) groups excluding carboxylic acids is 1. The Morgan fingerprint density at radius 1 is 1.00 bits per heavy atom. The number of fused-ring (bicyclic) bond motifs is 1. The number of nitrogens with zero attached hydrogens (tertiary/aromatic N) is 4. The topological polar surface area (TPSA) is 120 Å². The fourth-order valence-corrected chi connectivity index (χ4v) is 3.34. The molecule has 0 fully saturated rings.